The predicted octanol–water partition coefficient (Wildman–Crippen LogP) is 0.422. The molecule has 0 aromatic carbocycles. The van der Waals surface area contributed by atoms with Crippen molar-refractivity contribution in [3.8, 4) is 0 Å². The van der Waals surface area contributed by atoms with Crippen LogP contribution < -0.4 is 10.6 Å². The minimum absolute atomic E-state index is 0.0375. The molecular formula is C11H20N2O2. The van der Waals surface area contributed by atoms with Crippen molar-refractivity contribution >= 4 is 5.91 Å². The fraction of sp³-hybridized carbons (Fsp3) is 0.909. The SMILES string of the molecule is CC(OCC1CCCN1)C(=O)NC1CC1. The third kappa shape index (κ3) is 3.47. The number of hydrogen-bond donors (Lipinski definition) is 2. The molecular weight excluding hydrogens is 192 g/mol. The summed E-state index contributed by atoms with van der Waals surface area (Å²) in [4.78, 5) is 11.5. The van der Waals surface area contributed by atoms with E-state index in [0.29, 0.717) is 18.7 Å². The van der Waals surface area contributed by atoms with Crippen LogP contribution in [0, 0.1) is 0 Å². The lowest BCUT2D eigenvalue weighted by Crippen LogP contribution is -2.38. The zero-order valence-corrected chi connectivity index (χ0v) is 9.29. The van der Waals surface area contributed by atoms with E-state index >= 15 is 0 Å². The fourth-order valence-corrected chi connectivity index (χ4v) is 1.78. The number of nitrogens with one attached hydrogen (secondary N) is 2. The van der Waals surface area contributed by atoms with Gasteiger partial charge in [0, 0.05) is 12.1 Å². The minimum Gasteiger partial charge on any atom is -0.367 e. The van der Waals surface area contributed by atoms with Crippen LogP contribution in [0.1, 0.15) is 32.6 Å². The van der Waals surface area contributed by atoms with E-state index in [2.05, 4.69) is 10.6 Å². The van der Waals surface area contributed by atoms with Gasteiger partial charge in [-0.15, -0.1) is 0 Å². The number of hydrogen-bond acceptors (Lipinski definition) is 3. The summed E-state index contributed by atoms with van der Waals surface area (Å²) in [6, 6.07) is 0.870. The van der Waals surface area contributed by atoms with Crippen LogP contribution in [0.2, 0.25) is 0 Å². The highest BCUT2D eigenvalue weighted by atomic mass is 16.5. The molecule has 1 aliphatic carbocycles. The van der Waals surface area contributed by atoms with Crippen LogP contribution in [0.4, 0.5) is 0 Å². The van der Waals surface area contributed by atoms with Crippen molar-refractivity contribution < 1.29 is 9.53 Å². The first-order valence-corrected chi connectivity index (χ1v) is 5.91. The molecule has 0 aromatic rings. The van der Waals surface area contributed by atoms with Gasteiger partial charge in [0.1, 0.15) is 6.10 Å². The van der Waals surface area contributed by atoms with Crippen LogP contribution in [0.5, 0.6) is 0 Å². The Kier molecular flexibility index (Phi) is 3.59. The van der Waals surface area contributed by atoms with Gasteiger partial charge in [-0.1, -0.05) is 0 Å². The number of amides is 1. The normalized spacial score (nSPS) is 27.7. The standard InChI is InChI=1S/C11H20N2O2/c1-8(11(14)13-9-4-5-9)15-7-10-3-2-6-12-10/h8-10,12H,2-7H2,1H3,(H,13,14). The van der Waals surface area contributed by atoms with Crippen molar-refractivity contribution in [3.05, 3.63) is 0 Å². The smallest absolute Gasteiger partial charge is 0.249 e. The highest BCUT2D eigenvalue weighted by Crippen LogP contribution is 2.18. The van der Waals surface area contributed by atoms with E-state index in [-0.39, 0.29) is 12.0 Å². The maximum Gasteiger partial charge on any atom is 0.249 e. The molecule has 2 N–H and O–H groups in total. The maximum absolute atomic E-state index is 11.5. The lowest BCUT2D eigenvalue weighted by molar-refractivity contribution is -0.132. The molecule has 1 aliphatic heterocycles. The molecule has 4 heteroatoms. The number of rotatable bonds is 5. The van der Waals surface area contributed by atoms with Crippen LogP contribution in [0.15, 0.2) is 0 Å². The van der Waals surface area contributed by atoms with Crippen LogP contribution in [-0.4, -0.2) is 37.2 Å². The molecule has 0 spiro atoms. The van der Waals surface area contributed by atoms with Gasteiger partial charge in [-0.2, -0.15) is 0 Å². The van der Waals surface area contributed by atoms with Crippen molar-refractivity contribution in [1.82, 2.24) is 10.6 Å². The highest BCUT2D eigenvalue weighted by Gasteiger charge is 2.26. The quantitative estimate of drug-likeness (QED) is 0.694. The summed E-state index contributed by atoms with van der Waals surface area (Å²) in [5.41, 5.74) is 0. The van der Waals surface area contributed by atoms with E-state index in [0.717, 1.165) is 25.8 Å². The topological polar surface area (TPSA) is 50.4 Å². The molecule has 1 saturated carbocycles. The molecule has 1 amide bonds. The zero-order chi connectivity index (χ0) is 10.7. The first-order valence-electron chi connectivity index (χ1n) is 5.91. The van der Waals surface area contributed by atoms with Crippen molar-refractivity contribution in [2.75, 3.05) is 13.2 Å². The van der Waals surface area contributed by atoms with Gasteiger partial charge in [0.05, 0.1) is 6.61 Å². The summed E-state index contributed by atoms with van der Waals surface area (Å²) < 4.78 is 5.54. The third-order valence-corrected chi connectivity index (χ3v) is 3.00. The largest absolute Gasteiger partial charge is 0.367 e. The van der Waals surface area contributed by atoms with Gasteiger partial charge < -0.3 is 15.4 Å². The van der Waals surface area contributed by atoms with E-state index in [1.54, 1.807) is 0 Å². The van der Waals surface area contributed by atoms with Crippen molar-refractivity contribution in [3.63, 3.8) is 0 Å². The molecule has 0 aromatic heterocycles. The van der Waals surface area contributed by atoms with Gasteiger partial charge in [0.2, 0.25) is 5.91 Å². The second kappa shape index (κ2) is 4.94. The first-order chi connectivity index (χ1) is 7.25. The van der Waals surface area contributed by atoms with Gasteiger partial charge in [-0.25, -0.2) is 0 Å². The third-order valence-electron chi connectivity index (χ3n) is 3.00. The molecule has 2 atom stereocenters. The van der Waals surface area contributed by atoms with Crippen molar-refractivity contribution in [2.24, 2.45) is 0 Å². The highest BCUT2D eigenvalue weighted by molar-refractivity contribution is 5.80. The summed E-state index contributed by atoms with van der Waals surface area (Å²) in [5, 5.41) is 6.29. The molecule has 1 saturated heterocycles. The predicted molar refractivity (Wildman–Crippen MR) is 57.6 cm³/mol. The zero-order valence-electron chi connectivity index (χ0n) is 9.29. The second-order valence-electron chi connectivity index (χ2n) is 4.55. The Morgan fingerprint density at radius 1 is 1.53 bits per heavy atom. The average molecular weight is 212 g/mol. The van der Waals surface area contributed by atoms with Gasteiger partial charge in [0.15, 0.2) is 0 Å². The molecule has 2 aliphatic rings. The average Bonchev–Trinajstić information content (AvgIpc) is 2.88. The molecule has 2 unspecified atom stereocenters. The van der Waals surface area contributed by atoms with Crippen LogP contribution in [0.3, 0.4) is 0 Å². The lowest BCUT2D eigenvalue weighted by Gasteiger charge is -2.16. The van der Waals surface area contributed by atoms with E-state index in [9.17, 15) is 4.79 Å². The number of carbonyl (C=O) groups excluding carboxylic acids is 1. The van der Waals surface area contributed by atoms with Crippen molar-refractivity contribution in [2.45, 2.75) is 50.8 Å². The van der Waals surface area contributed by atoms with E-state index < -0.39 is 0 Å². The van der Waals surface area contributed by atoms with E-state index in [4.69, 9.17) is 4.74 Å². The van der Waals surface area contributed by atoms with E-state index in [1.807, 2.05) is 6.92 Å². The Hall–Kier alpha value is -0.610. The van der Waals surface area contributed by atoms with Gasteiger partial charge in [-0.05, 0) is 39.2 Å². The van der Waals surface area contributed by atoms with Crippen LogP contribution >= 0.6 is 0 Å². The monoisotopic (exact) mass is 212 g/mol. The molecule has 86 valence electrons. The van der Waals surface area contributed by atoms with Crippen LogP contribution in [0.25, 0.3) is 0 Å². The molecule has 2 rings (SSSR count). The number of ether oxygens (including phenoxy) is 1. The molecule has 2 fully saturated rings. The Balaban J connectivity index is 1.61. The Bertz CT molecular complexity index is 223. The summed E-state index contributed by atoms with van der Waals surface area (Å²) in [5.74, 6) is 0.0375. The van der Waals surface area contributed by atoms with Gasteiger partial charge >= 0.3 is 0 Å². The summed E-state index contributed by atoms with van der Waals surface area (Å²) in [6.45, 7) is 3.56. The number of carbonyl (C=O) groups is 1. The Morgan fingerprint density at radius 3 is 2.93 bits per heavy atom. The molecule has 4 nitrogen and oxygen atoms in total. The van der Waals surface area contributed by atoms with Crippen LogP contribution in [-0.2, 0) is 9.53 Å². The molecule has 0 bridgehead atoms. The minimum atomic E-state index is -0.312. The van der Waals surface area contributed by atoms with Gasteiger partial charge in [-0.3, -0.25) is 4.79 Å². The van der Waals surface area contributed by atoms with Crippen molar-refractivity contribution in [1.29, 1.82) is 0 Å². The maximum atomic E-state index is 11.5. The lowest BCUT2D eigenvalue weighted by atomic mass is 10.2. The fourth-order valence-electron chi connectivity index (χ4n) is 1.78. The Labute approximate surface area is 90.8 Å². The molecule has 0 radical (unpaired) electrons. The summed E-state index contributed by atoms with van der Waals surface area (Å²) >= 11 is 0. The Morgan fingerprint density at radius 2 is 2.33 bits per heavy atom. The second-order valence-corrected chi connectivity index (χ2v) is 4.55. The summed E-state index contributed by atoms with van der Waals surface area (Å²) in [7, 11) is 0. The molecule has 1 heterocycles. The molecule has 15 heavy (non-hydrogen) atoms. The van der Waals surface area contributed by atoms with E-state index in [1.165, 1.54) is 6.42 Å². The first kappa shape index (κ1) is 10.9. The van der Waals surface area contributed by atoms with Gasteiger partial charge in [0.25, 0.3) is 0 Å². The summed E-state index contributed by atoms with van der Waals surface area (Å²) in [6.07, 6.45) is 4.33.